The Morgan fingerprint density at radius 3 is 2.61 bits per heavy atom. The third kappa shape index (κ3) is 2.76. The summed E-state index contributed by atoms with van der Waals surface area (Å²) in [5, 5.41) is 9.44. The van der Waals surface area contributed by atoms with Gasteiger partial charge in [0.1, 0.15) is 5.75 Å². The largest absolute Gasteiger partial charge is 0.454 e. The molecule has 90 valence electrons. The minimum atomic E-state index is 0.442. The predicted octanol–water partition coefficient (Wildman–Crippen LogP) is 4.35. The molecule has 2 aromatic rings. The summed E-state index contributed by atoms with van der Waals surface area (Å²) in [5.74, 6) is 1.03. The first-order chi connectivity index (χ1) is 8.60. The number of benzene rings is 2. The van der Waals surface area contributed by atoms with Crippen molar-refractivity contribution in [2.24, 2.45) is 0 Å². The Labute approximate surface area is 118 Å². The molecule has 0 radical (unpaired) electrons. The molecule has 0 spiro atoms. The highest BCUT2D eigenvalue weighted by atomic mass is 79.9. The van der Waals surface area contributed by atoms with Crippen LogP contribution in [0.2, 0.25) is 5.02 Å². The van der Waals surface area contributed by atoms with Gasteiger partial charge in [-0.1, -0.05) is 11.6 Å². The summed E-state index contributed by atoms with van der Waals surface area (Å²) in [5.41, 5.74) is 6.75. The zero-order valence-electron chi connectivity index (χ0n) is 9.15. The summed E-state index contributed by atoms with van der Waals surface area (Å²) in [6.07, 6.45) is 0. The molecule has 0 unspecified atom stereocenters. The van der Waals surface area contributed by atoms with Gasteiger partial charge in [-0.3, -0.25) is 0 Å². The molecule has 0 saturated heterocycles. The Morgan fingerprint density at radius 1 is 1.17 bits per heavy atom. The van der Waals surface area contributed by atoms with E-state index in [0.29, 0.717) is 27.8 Å². The molecule has 0 aromatic heterocycles. The molecule has 18 heavy (non-hydrogen) atoms. The van der Waals surface area contributed by atoms with Crippen LogP contribution >= 0.6 is 27.5 Å². The van der Waals surface area contributed by atoms with Crippen molar-refractivity contribution in [3.05, 3.63) is 51.5 Å². The molecule has 0 aliphatic heterocycles. The minimum Gasteiger partial charge on any atom is -0.454 e. The number of halogens is 2. The van der Waals surface area contributed by atoms with E-state index < -0.39 is 0 Å². The van der Waals surface area contributed by atoms with E-state index in [1.807, 2.05) is 6.07 Å². The van der Waals surface area contributed by atoms with E-state index in [-0.39, 0.29) is 0 Å². The number of nitrogen functional groups attached to an aromatic ring is 1. The van der Waals surface area contributed by atoms with Crippen LogP contribution < -0.4 is 10.5 Å². The van der Waals surface area contributed by atoms with E-state index in [4.69, 9.17) is 27.3 Å². The van der Waals surface area contributed by atoms with Crippen molar-refractivity contribution in [3.63, 3.8) is 0 Å². The average molecular weight is 324 g/mol. The van der Waals surface area contributed by atoms with Crippen molar-refractivity contribution in [1.82, 2.24) is 0 Å². The lowest BCUT2D eigenvalue weighted by Crippen LogP contribution is -1.93. The maximum atomic E-state index is 8.84. The Kier molecular flexibility index (Phi) is 3.75. The summed E-state index contributed by atoms with van der Waals surface area (Å²) in [7, 11) is 0. The highest BCUT2D eigenvalue weighted by molar-refractivity contribution is 9.10. The Morgan fingerprint density at radius 2 is 1.94 bits per heavy atom. The Hall–Kier alpha value is -1.70. The fourth-order valence-corrected chi connectivity index (χ4v) is 2.13. The number of nitrogens with two attached hydrogens (primary N) is 1. The lowest BCUT2D eigenvalue weighted by molar-refractivity contribution is 0.482. The molecular formula is C13H8BrClN2O. The second kappa shape index (κ2) is 5.30. The SMILES string of the molecule is N#Cc1ccc(N)c(Oc2ccc(Cl)cc2Br)c1. The first kappa shape index (κ1) is 12.7. The number of anilines is 1. The smallest absolute Gasteiger partial charge is 0.151 e. The van der Waals surface area contributed by atoms with E-state index >= 15 is 0 Å². The molecule has 2 rings (SSSR count). The number of rotatable bonds is 2. The van der Waals surface area contributed by atoms with E-state index in [9.17, 15) is 0 Å². The molecule has 0 aliphatic rings. The average Bonchev–Trinajstić information content (AvgIpc) is 2.35. The van der Waals surface area contributed by atoms with E-state index in [0.717, 1.165) is 4.47 Å². The number of hydrogen-bond acceptors (Lipinski definition) is 3. The second-order valence-electron chi connectivity index (χ2n) is 3.54. The van der Waals surface area contributed by atoms with Gasteiger partial charge in [0.25, 0.3) is 0 Å². The van der Waals surface area contributed by atoms with Crippen molar-refractivity contribution in [2.45, 2.75) is 0 Å². The number of nitrogens with zero attached hydrogens (tertiary/aromatic N) is 1. The van der Waals surface area contributed by atoms with Crippen molar-refractivity contribution >= 4 is 33.2 Å². The summed E-state index contributed by atoms with van der Waals surface area (Å²) in [4.78, 5) is 0. The maximum absolute atomic E-state index is 8.84. The zero-order valence-corrected chi connectivity index (χ0v) is 11.5. The van der Waals surface area contributed by atoms with E-state index in [1.54, 1.807) is 36.4 Å². The Balaban J connectivity index is 2.37. The topological polar surface area (TPSA) is 59.0 Å². The van der Waals surface area contributed by atoms with E-state index in [2.05, 4.69) is 15.9 Å². The highest BCUT2D eigenvalue weighted by Crippen LogP contribution is 2.34. The maximum Gasteiger partial charge on any atom is 0.151 e. The van der Waals surface area contributed by atoms with Crippen molar-refractivity contribution in [2.75, 3.05) is 5.73 Å². The molecule has 0 bridgehead atoms. The monoisotopic (exact) mass is 322 g/mol. The van der Waals surface area contributed by atoms with Gasteiger partial charge in [-0.2, -0.15) is 5.26 Å². The number of ether oxygens (including phenoxy) is 1. The standard InChI is InChI=1S/C13H8BrClN2O/c14-10-6-9(15)2-4-12(10)18-13-5-8(7-16)1-3-11(13)17/h1-6H,17H2. The minimum absolute atomic E-state index is 0.442. The molecule has 0 fully saturated rings. The quantitative estimate of drug-likeness (QED) is 0.836. The van der Waals surface area contributed by atoms with E-state index in [1.165, 1.54) is 0 Å². The summed E-state index contributed by atoms with van der Waals surface area (Å²) in [6.45, 7) is 0. The molecule has 5 heteroatoms. The molecule has 0 amide bonds. The molecule has 0 aliphatic carbocycles. The molecule has 0 saturated carbocycles. The molecule has 2 N–H and O–H groups in total. The van der Waals surface area contributed by atoms with Crippen LogP contribution in [0.4, 0.5) is 5.69 Å². The molecular weight excluding hydrogens is 316 g/mol. The van der Waals surface area contributed by atoms with Gasteiger partial charge in [-0.05, 0) is 46.3 Å². The van der Waals surface area contributed by atoms with Crippen LogP contribution in [0.25, 0.3) is 0 Å². The second-order valence-corrected chi connectivity index (χ2v) is 4.83. The van der Waals surface area contributed by atoms with Crippen LogP contribution in [-0.2, 0) is 0 Å². The first-order valence-electron chi connectivity index (χ1n) is 5.02. The van der Waals surface area contributed by atoms with Crippen molar-refractivity contribution in [3.8, 4) is 17.6 Å². The third-order valence-corrected chi connectivity index (χ3v) is 3.11. The van der Waals surface area contributed by atoms with Crippen LogP contribution in [0.5, 0.6) is 11.5 Å². The van der Waals surface area contributed by atoms with Crippen LogP contribution in [-0.4, -0.2) is 0 Å². The first-order valence-corrected chi connectivity index (χ1v) is 6.20. The molecule has 0 heterocycles. The molecule has 0 atom stereocenters. The zero-order chi connectivity index (χ0) is 13.1. The highest BCUT2D eigenvalue weighted by Gasteiger charge is 2.07. The van der Waals surface area contributed by atoms with Gasteiger partial charge < -0.3 is 10.5 Å². The third-order valence-electron chi connectivity index (χ3n) is 2.26. The fraction of sp³-hybridized carbons (Fsp3) is 0. The van der Waals surface area contributed by atoms with Gasteiger partial charge in [0.2, 0.25) is 0 Å². The Bertz CT molecular complexity index is 637. The van der Waals surface area contributed by atoms with Crippen molar-refractivity contribution < 1.29 is 4.74 Å². The summed E-state index contributed by atoms with van der Waals surface area (Å²) < 4.78 is 6.38. The van der Waals surface area contributed by atoms with Crippen LogP contribution in [0.15, 0.2) is 40.9 Å². The van der Waals surface area contributed by atoms with Crippen LogP contribution in [0.1, 0.15) is 5.56 Å². The fourth-order valence-electron chi connectivity index (χ4n) is 1.37. The summed E-state index contributed by atoms with van der Waals surface area (Å²) >= 11 is 9.20. The number of nitriles is 1. The normalized spacial score (nSPS) is 9.83. The predicted molar refractivity (Wildman–Crippen MR) is 74.8 cm³/mol. The number of hydrogen-bond donors (Lipinski definition) is 1. The van der Waals surface area contributed by atoms with Crippen molar-refractivity contribution in [1.29, 1.82) is 5.26 Å². The van der Waals surface area contributed by atoms with Gasteiger partial charge in [0, 0.05) is 11.1 Å². The van der Waals surface area contributed by atoms with Gasteiger partial charge in [0.15, 0.2) is 5.75 Å². The lowest BCUT2D eigenvalue weighted by atomic mass is 10.2. The molecule has 3 nitrogen and oxygen atoms in total. The summed E-state index contributed by atoms with van der Waals surface area (Å²) in [6, 6.07) is 12.1. The van der Waals surface area contributed by atoms with Gasteiger partial charge in [-0.25, -0.2) is 0 Å². The lowest BCUT2D eigenvalue weighted by Gasteiger charge is -2.10. The van der Waals surface area contributed by atoms with Gasteiger partial charge in [-0.15, -0.1) is 0 Å². The molecule has 2 aromatic carbocycles. The van der Waals surface area contributed by atoms with Crippen LogP contribution in [0.3, 0.4) is 0 Å². The van der Waals surface area contributed by atoms with Gasteiger partial charge in [0.05, 0.1) is 21.8 Å². The van der Waals surface area contributed by atoms with Gasteiger partial charge >= 0.3 is 0 Å². The van der Waals surface area contributed by atoms with Crippen LogP contribution in [0, 0.1) is 11.3 Å².